The first-order valence-corrected chi connectivity index (χ1v) is 6.03. The zero-order valence-corrected chi connectivity index (χ0v) is 10.3. The highest BCUT2D eigenvalue weighted by Crippen LogP contribution is 2.29. The summed E-state index contributed by atoms with van der Waals surface area (Å²) in [5.74, 6) is 0.0927. The fraction of sp³-hybridized carbons (Fsp3) is 0.250. The molecule has 0 aliphatic carbocycles. The average molecular weight is 245 g/mol. The van der Waals surface area contributed by atoms with Gasteiger partial charge in [-0.15, -0.1) is 11.3 Å². The Morgan fingerprint density at radius 1 is 1.47 bits per heavy atom. The van der Waals surface area contributed by atoms with Crippen LogP contribution in [0.4, 0.5) is 0 Å². The Bertz CT molecular complexity index is 634. The minimum Gasteiger partial charge on any atom is -0.313 e. The Kier molecular flexibility index (Phi) is 3.07. The van der Waals surface area contributed by atoms with E-state index in [2.05, 4.69) is 16.0 Å². The van der Waals surface area contributed by atoms with Crippen LogP contribution in [0, 0.1) is 11.3 Å². The van der Waals surface area contributed by atoms with Crippen LogP contribution >= 0.6 is 11.3 Å². The first-order valence-electron chi connectivity index (χ1n) is 5.21. The monoisotopic (exact) mass is 245 g/mol. The van der Waals surface area contributed by atoms with Gasteiger partial charge in [0.15, 0.2) is 0 Å². The molecule has 0 atom stereocenters. The van der Waals surface area contributed by atoms with Crippen LogP contribution < -0.4 is 5.56 Å². The lowest BCUT2D eigenvalue weighted by molar-refractivity contribution is 0.834. The highest BCUT2D eigenvalue weighted by atomic mass is 32.1. The summed E-state index contributed by atoms with van der Waals surface area (Å²) in [6.45, 7) is 3.91. The van der Waals surface area contributed by atoms with Crippen LogP contribution in [0.3, 0.4) is 0 Å². The number of nitriles is 1. The second kappa shape index (κ2) is 4.52. The molecule has 0 aromatic carbocycles. The van der Waals surface area contributed by atoms with E-state index in [1.54, 1.807) is 6.07 Å². The molecule has 0 radical (unpaired) electrons. The van der Waals surface area contributed by atoms with E-state index >= 15 is 0 Å². The normalized spacial score (nSPS) is 10.5. The van der Waals surface area contributed by atoms with Gasteiger partial charge in [0.1, 0.15) is 10.9 Å². The number of hydrogen-bond acceptors (Lipinski definition) is 4. The van der Waals surface area contributed by atoms with E-state index in [1.807, 2.05) is 19.9 Å². The van der Waals surface area contributed by atoms with Gasteiger partial charge in [-0.05, 0) is 18.1 Å². The fourth-order valence-electron chi connectivity index (χ4n) is 1.67. The van der Waals surface area contributed by atoms with Crippen LogP contribution in [0.5, 0.6) is 0 Å². The Labute approximate surface area is 103 Å². The van der Waals surface area contributed by atoms with Crippen molar-refractivity contribution in [1.82, 2.24) is 9.97 Å². The largest absolute Gasteiger partial charge is 0.313 e. The number of thiophene rings is 1. The summed E-state index contributed by atoms with van der Waals surface area (Å²) in [6.07, 6.45) is 1.40. The fourth-order valence-corrected chi connectivity index (χ4v) is 2.48. The standard InChI is InChI=1S/C12H11N3OS/c1-7(2)10-11(14-6-15-12(10)16)9-4-3-8(5-13)17-9/h3-4,6-7H,1-2H3,(H,14,15,16). The molecule has 0 fully saturated rings. The molecule has 5 heteroatoms. The molecule has 0 saturated heterocycles. The van der Waals surface area contributed by atoms with Gasteiger partial charge in [-0.25, -0.2) is 4.98 Å². The lowest BCUT2D eigenvalue weighted by Crippen LogP contribution is -2.15. The van der Waals surface area contributed by atoms with Gasteiger partial charge in [0.25, 0.3) is 5.56 Å². The molecule has 2 heterocycles. The van der Waals surface area contributed by atoms with E-state index < -0.39 is 0 Å². The van der Waals surface area contributed by atoms with E-state index in [1.165, 1.54) is 17.7 Å². The van der Waals surface area contributed by atoms with Crippen LogP contribution in [-0.4, -0.2) is 9.97 Å². The molecule has 0 saturated carbocycles. The first-order chi connectivity index (χ1) is 8.13. The maximum atomic E-state index is 11.8. The molecule has 2 aromatic heterocycles. The van der Waals surface area contributed by atoms with E-state index in [-0.39, 0.29) is 11.5 Å². The number of nitrogens with one attached hydrogen (secondary N) is 1. The molecule has 4 nitrogen and oxygen atoms in total. The van der Waals surface area contributed by atoms with Crippen molar-refractivity contribution in [2.45, 2.75) is 19.8 Å². The van der Waals surface area contributed by atoms with Gasteiger partial charge in [-0.3, -0.25) is 4.79 Å². The maximum Gasteiger partial charge on any atom is 0.254 e. The topological polar surface area (TPSA) is 69.5 Å². The van der Waals surface area contributed by atoms with Gasteiger partial charge in [0.2, 0.25) is 0 Å². The Balaban J connectivity index is 2.64. The molecule has 0 aliphatic rings. The zero-order chi connectivity index (χ0) is 12.4. The average Bonchev–Trinajstić information content (AvgIpc) is 2.76. The number of hydrogen-bond donors (Lipinski definition) is 1. The third-order valence-electron chi connectivity index (χ3n) is 2.42. The lowest BCUT2D eigenvalue weighted by Gasteiger charge is -2.08. The van der Waals surface area contributed by atoms with Crippen LogP contribution in [0.1, 0.15) is 30.2 Å². The molecule has 0 spiro atoms. The smallest absolute Gasteiger partial charge is 0.254 e. The number of aromatic amines is 1. The predicted molar refractivity (Wildman–Crippen MR) is 67.0 cm³/mol. The molecule has 86 valence electrons. The molecular weight excluding hydrogens is 234 g/mol. The van der Waals surface area contributed by atoms with E-state index in [0.29, 0.717) is 16.1 Å². The van der Waals surface area contributed by atoms with Gasteiger partial charge >= 0.3 is 0 Å². The quantitative estimate of drug-likeness (QED) is 0.883. The minimum atomic E-state index is -0.114. The van der Waals surface area contributed by atoms with E-state index in [9.17, 15) is 4.79 Å². The third-order valence-corrected chi connectivity index (χ3v) is 3.41. The Hall–Kier alpha value is -1.93. The van der Waals surface area contributed by atoms with Crippen LogP contribution in [0.2, 0.25) is 0 Å². The van der Waals surface area contributed by atoms with Crippen molar-refractivity contribution in [1.29, 1.82) is 5.26 Å². The minimum absolute atomic E-state index is 0.0927. The third kappa shape index (κ3) is 2.12. The molecule has 1 N–H and O–H groups in total. The number of aromatic nitrogens is 2. The number of rotatable bonds is 2. The molecular formula is C12H11N3OS. The van der Waals surface area contributed by atoms with Crippen molar-refractivity contribution in [2.24, 2.45) is 0 Å². The van der Waals surface area contributed by atoms with Crippen molar-refractivity contribution in [3.8, 4) is 16.6 Å². The Morgan fingerprint density at radius 2 is 2.24 bits per heavy atom. The van der Waals surface area contributed by atoms with Gasteiger partial charge in [0, 0.05) is 5.56 Å². The van der Waals surface area contributed by atoms with Gasteiger partial charge in [0.05, 0.1) is 16.9 Å². The summed E-state index contributed by atoms with van der Waals surface area (Å²) in [5.41, 5.74) is 1.23. The van der Waals surface area contributed by atoms with E-state index in [0.717, 1.165) is 4.88 Å². The number of H-pyrrole nitrogens is 1. The van der Waals surface area contributed by atoms with Crippen LogP contribution in [-0.2, 0) is 0 Å². The summed E-state index contributed by atoms with van der Waals surface area (Å²) < 4.78 is 0. The molecule has 2 rings (SSSR count). The molecule has 17 heavy (non-hydrogen) atoms. The van der Waals surface area contributed by atoms with Crippen molar-refractivity contribution in [2.75, 3.05) is 0 Å². The zero-order valence-electron chi connectivity index (χ0n) is 9.52. The number of nitrogens with zero attached hydrogens (tertiary/aromatic N) is 2. The second-order valence-electron chi connectivity index (χ2n) is 3.92. The summed E-state index contributed by atoms with van der Waals surface area (Å²) in [6, 6.07) is 5.66. The molecule has 0 bridgehead atoms. The summed E-state index contributed by atoms with van der Waals surface area (Å²) in [5, 5.41) is 8.80. The molecule has 0 amide bonds. The van der Waals surface area contributed by atoms with Crippen molar-refractivity contribution in [3.05, 3.63) is 39.3 Å². The second-order valence-corrected chi connectivity index (χ2v) is 5.01. The highest BCUT2D eigenvalue weighted by molar-refractivity contribution is 7.16. The van der Waals surface area contributed by atoms with Crippen LogP contribution in [0.15, 0.2) is 23.3 Å². The maximum absolute atomic E-state index is 11.8. The summed E-state index contributed by atoms with van der Waals surface area (Å²) >= 11 is 1.35. The van der Waals surface area contributed by atoms with E-state index in [4.69, 9.17) is 5.26 Å². The van der Waals surface area contributed by atoms with Gasteiger partial charge < -0.3 is 4.98 Å². The predicted octanol–water partition coefficient (Wildman–Crippen LogP) is 2.49. The molecule has 0 unspecified atom stereocenters. The Morgan fingerprint density at radius 3 is 2.82 bits per heavy atom. The van der Waals surface area contributed by atoms with Gasteiger partial charge in [-0.1, -0.05) is 13.8 Å². The molecule has 2 aromatic rings. The van der Waals surface area contributed by atoms with Crippen molar-refractivity contribution >= 4 is 11.3 Å². The lowest BCUT2D eigenvalue weighted by atomic mass is 10.0. The van der Waals surface area contributed by atoms with Crippen molar-refractivity contribution in [3.63, 3.8) is 0 Å². The highest BCUT2D eigenvalue weighted by Gasteiger charge is 2.15. The van der Waals surface area contributed by atoms with Crippen LogP contribution in [0.25, 0.3) is 10.6 Å². The SMILES string of the molecule is CC(C)c1c(-c2ccc(C#N)s2)nc[nH]c1=O. The summed E-state index contributed by atoms with van der Waals surface area (Å²) in [4.78, 5) is 20.1. The summed E-state index contributed by atoms with van der Waals surface area (Å²) in [7, 11) is 0. The van der Waals surface area contributed by atoms with Crippen molar-refractivity contribution < 1.29 is 0 Å². The molecule has 0 aliphatic heterocycles. The van der Waals surface area contributed by atoms with Gasteiger partial charge in [-0.2, -0.15) is 5.26 Å². The first kappa shape index (κ1) is 11.6.